The lowest BCUT2D eigenvalue weighted by Crippen LogP contribution is -2.05. The zero-order valence-electron chi connectivity index (χ0n) is 10.3. The number of nitrogens with zero attached hydrogens (tertiary/aromatic N) is 2. The Morgan fingerprint density at radius 3 is 2.68 bits per heavy atom. The molecule has 6 heteroatoms. The first-order valence-corrected chi connectivity index (χ1v) is 5.75. The summed E-state index contributed by atoms with van der Waals surface area (Å²) >= 11 is 0. The van der Waals surface area contributed by atoms with Crippen LogP contribution in [-0.2, 0) is 19.6 Å². The first kappa shape index (κ1) is 15.7. The molecule has 19 heavy (non-hydrogen) atoms. The van der Waals surface area contributed by atoms with Gasteiger partial charge in [-0.2, -0.15) is 0 Å². The number of hydrogen-bond acceptors (Lipinski definition) is 4. The molecule has 0 saturated heterocycles. The Kier molecular flexibility index (Phi) is 6.02. The number of aromatic nitrogens is 2. The molecule has 0 amide bonds. The third kappa shape index (κ3) is 3.80. The van der Waals surface area contributed by atoms with Crippen molar-refractivity contribution < 1.29 is 0 Å². The quantitative estimate of drug-likeness (QED) is 0.914. The summed E-state index contributed by atoms with van der Waals surface area (Å²) in [6.45, 7) is 2.49. The highest BCUT2D eigenvalue weighted by Gasteiger charge is 2.12. The van der Waals surface area contributed by atoms with E-state index in [0.717, 1.165) is 25.3 Å². The highest BCUT2D eigenvalue weighted by molar-refractivity contribution is 5.85. The molecule has 1 aliphatic heterocycles. The van der Waals surface area contributed by atoms with E-state index < -0.39 is 0 Å². The minimum absolute atomic E-state index is 0. The maximum Gasteiger partial charge on any atom is 0.223 e. The average molecular weight is 299 g/mol. The molecule has 1 aromatic heterocycles. The first-order chi connectivity index (χ1) is 8.42. The molecule has 0 bridgehead atoms. The van der Waals surface area contributed by atoms with E-state index in [1.165, 1.54) is 11.1 Å². The van der Waals surface area contributed by atoms with E-state index >= 15 is 0 Å². The zero-order chi connectivity index (χ0) is 11.5. The van der Waals surface area contributed by atoms with Crippen LogP contribution in [0.4, 0.5) is 5.95 Å². The summed E-state index contributed by atoms with van der Waals surface area (Å²) in [4.78, 5) is 8.79. The van der Waals surface area contributed by atoms with E-state index in [9.17, 15) is 0 Å². The molecule has 0 atom stereocenters. The van der Waals surface area contributed by atoms with Crippen molar-refractivity contribution >= 4 is 30.8 Å². The van der Waals surface area contributed by atoms with Gasteiger partial charge in [0, 0.05) is 31.4 Å². The fraction of sp³-hybridized carbons (Fsp3) is 0.231. The van der Waals surface area contributed by atoms with Gasteiger partial charge >= 0.3 is 0 Å². The maximum absolute atomic E-state index is 4.48. The number of rotatable bonds is 3. The predicted molar refractivity (Wildman–Crippen MR) is 80.8 cm³/mol. The Bertz CT molecular complexity index is 519. The van der Waals surface area contributed by atoms with Crippen molar-refractivity contribution in [2.75, 3.05) is 5.32 Å². The van der Waals surface area contributed by atoms with Crippen LogP contribution >= 0.6 is 24.8 Å². The van der Waals surface area contributed by atoms with E-state index in [1.807, 2.05) is 24.4 Å². The van der Waals surface area contributed by atoms with Crippen LogP contribution in [0.25, 0.3) is 0 Å². The summed E-state index contributed by atoms with van der Waals surface area (Å²) < 4.78 is 0. The molecule has 0 unspecified atom stereocenters. The van der Waals surface area contributed by atoms with Crippen molar-refractivity contribution in [3.05, 3.63) is 53.3 Å². The first-order valence-electron chi connectivity index (χ1n) is 5.75. The summed E-state index contributed by atoms with van der Waals surface area (Å²) in [5.41, 5.74) is 3.54. The van der Waals surface area contributed by atoms with Gasteiger partial charge in [0.1, 0.15) is 0 Å². The van der Waals surface area contributed by atoms with Crippen molar-refractivity contribution in [1.82, 2.24) is 15.3 Å². The summed E-state index contributed by atoms with van der Waals surface area (Å²) in [6, 6.07) is 10.2. The van der Waals surface area contributed by atoms with E-state index in [0.29, 0.717) is 5.95 Å². The number of fused-ring (bicyclic) bond motifs is 1. The molecule has 0 saturated carbocycles. The van der Waals surface area contributed by atoms with Gasteiger partial charge in [0.15, 0.2) is 0 Å². The van der Waals surface area contributed by atoms with Gasteiger partial charge in [-0.15, -0.1) is 24.8 Å². The predicted octanol–water partition coefficient (Wildman–Crippen LogP) is 2.54. The van der Waals surface area contributed by atoms with Gasteiger partial charge in [0.05, 0.1) is 5.69 Å². The van der Waals surface area contributed by atoms with Crippen LogP contribution in [0.2, 0.25) is 0 Å². The number of benzene rings is 1. The van der Waals surface area contributed by atoms with Crippen LogP contribution in [0.15, 0.2) is 36.5 Å². The molecule has 2 aromatic rings. The van der Waals surface area contributed by atoms with Crippen molar-refractivity contribution in [1.29, 1.82) is 0 Å². The van der Waals surface area contributed by atoms with Crippen molar-refractivity contribution in [3.63, 3.8) is 0 Å². The van der Waals surface area contributed by atoms with E-state index in [1.54, 1.807) is 0 Å². The fourth-order valence-electron chi connectivity index (χ4n) is 1.92. The van der Waals surface area contributed by atoms with Gasteiger partial charge < -0.3 is 10.6 Å². The van der Waals surface area contributed by atoms with E-state index in [-0.39, 0.29) is 24.8 Å². The topological polar surface area (TPSA) is 49.8 Å². The van der Waals surface area contributed by atoms with Crippen LogP contribution in [0, 0.1) is 0 Å². The van der Waals surface area contributed by atoms with Gasteiger partial charge in [0.25, 0.3) is 0 Å². The van der Waals surface area contributed by atoms with E-state index in [2.05, 4.69) is 32.7 Å². The molecule has 102 valence electrons. The Morgan fingerprint density at radius 1 is 1.11 bits per heavy atom. The highest BCUT2D eigenvalue weighted by Crippen LogP contribution is 2.13. The van der Waals surface area contributed by atoms with Crippen molar-refractivity contribution in [3.8, 4) is 0 Å². The minimum Gasteiger partial charge on any atom is -0.350 e. The number of nitrogens with one attached hydrogen (secondary N) is 2. The SMILES string of the molecule is Cl.Cl.c1ccc(CNc2ncc3c(n2)CNC3)cc1. The Balaban J connectivity index is 0.000000902. The molecule has 0 aliphatic carbocycles. The maximum atomic E-state index is 4.48. The summed E-state index contributed by atoms with van der Waals surface area (Å²) in [7, 11) is 0. The summed E-state index contributed by atoms with van der Waals surface area (Å²) in [6.07, 6.45) is 1.90. The lowest BCUT2D eigenvalue weighted by molar-refractivity contribution is 0.757. The standard InChI is InChI=1S/C13H14N4.2ClH/c1-2-4-10(5-3-1)6-15-13-16-8-11-7-14-9-12(11)17-13;;/h1-5,8,14H,6-7,9H2,(H,15,16,17);2*1H. The van der Waals surface area contributed by atoms with Crippen LogP contribution in [-0.4, -0.2) is 9.97 Å². The lowest BCUT2D eigenvalue weighted by atomic mass is 10.2. The third-order valence-electron chi connectivity index (χ3n) is 2.86. The highest BCUT2D eigenvalue weighted by atomic mass is 35.5. The van der Waals surface area contributed by atoms with Crippen molar-refractivity contribution in [2.24, 2.45) is 0 Å². The molecule has 0 fully saturated rings. The second kappa shape index (κ2) is 7.28. The Labute approximate surface area is 124 Å². The van der Waals surface area contributed by atoms with Crippen LogP contribution in [0.1, 0.15) is 16.8 Å². The van der Waals surface area contributed by atoms with Crippen molar-refractivity contribution in [2.45, 2.75) is 19.6 Å². The second-order valence-corrected chi connectivity index (χ2v) is 4.11. The second-order valence-electron chi connectivity index (χ2n) is 4.11. The lowest BCUT2D eigenvalue weighted by Gasteiger charge is -2.05. The fourth-order valence-corrected chi connectivity index (χ4v) is 1.92. The minimum atomic E-state index is 0. The molecule has 3 rings (SSSR count). The largest absolute Gasteiger partial charge is 0.350 e. The molecule has 0 radical (unpaired) electrons. The molecule has 4 nitrogen and oxygen atoms in total. The van der Waals surface area contributed by atoms with Gasteiger partial charge in [0.2, 0.25) is 5.95 Å². The van der Waals surface area contributed by atoms with Gasteiger partial charge in [-0.1, -0.05) is 30.3 Å². The van der Waals surface area contributed by atoms with E-state index in [4.69, 9.17) is 0 Å². The monoisotopic (exact) mass is 298 g/mol. The average Bonchev–Trinajstić information content (AvgIpc) is 2.85. The molecule has 2 N–H and O–H groups in total. The van der Waals surface area contributed by atoms with Crippen LogP contribution in [0.3, 0.4) is 0 Å². The third-order valence-corrected chi connectivity index (χ3v) is 2.86. The zero-order valence-corrected chi connectivity index (χ0v) is 11.9. The molecule has 2 heterocycles. The summed E-state index contributed by atoms with van der Waals surface area (Å²) in [5, 5.41) is 6.50. The van der Waals surface area contributed by atoms with Crippen LogP contribution in [0.5, 0.6) is 0 Å². The Hall–Kier alpha value is -1.36. The van der Waals surface area contributed by atoms with Gasteiger partial charge in [-0.25, -0.2) is 9.97 Å². The van der Waals surface area contributed by atoms with Gasteiger partial charge in [-0.3, -0.25) is 0 Å². The molecular formula is C13H16Cl2N4. The molecule has 1 aromatic carbocycles. The summed E-state index contributed by atoms with van der Waals surface area (Å²) in [5.74, 6) is 0.705. The normalized spacial score (nSPS) is 12.0. The number of anilines is 1. The Morgan fingerprint density at radius 2 is 1.89 bits per heavy atom. The number of hydrogen-bond donors (Lipinski definition) is 2. The number of halogens is 2. The molecule has 0 spiro atoms. The smallest absolute Gasteiger partial charge is 0.223 e. The van der Waals surface area contributed by atoms with Gasteiger partial charge in [-0.05, 0) is 5.56 Å². The molecule has 1 aliphatic rings. The van der Waals surface area contributed by atoms with Crippen LogP contribution < -0.4 is 10.6 Å². The molecular weight excluding hydrogens is 283 g/mol.